The lowest BCUT2D eigenvalue weighted by Gasteiger charge is -2.18. The molecule has 1 aromatic rings. The second-order valence-corrected chi connectivity index (χ2v) is 4.99. The first-order chi connectivity index (χ1) is 7.60. The lowest BCUT2D eigenvalue weighted by molar-refractivity contribution is 0.434. The highest BCUT2D eigenvalue weighted by atomic mass is 32.2. The summed E-state index contributed by atoms with van der Waals surface area (Å²) in [5, 5.41) is 0. The van der Waals surface area contributed by atoms with E-state index in [4.69, 9.17) is 0 Å². The van der Waals surface area contributed by atoms with E-state index >= 15 is 0 Å². The molecular weight excluding hydrogens is 226 g/mol. The predicted octanol–water partition coefficient (Wildman–Crippen LogP) is 0.758. The predicted molar refractivity (Wildman–Crippen MR) is 62.9 cm³/mol. The highest BCUT2D eigenvalue weighted by Gasteiger charge is 2.17. The van der Waals surface area contributed by atoms with Crippen LogP contribution in [-0.2, 0) is 16.8 Å². The molecule has 1 aromatic heterocycles. The molecule has 0 saturated heterocycles. The summed E-state index contributed by atoms with van der Waals surface area (Å²) in [5.74, 6) is 0. The van der Waals surface area contributed by atoms with Gasteiger partial charge in [-0.2, -0.15) is 17.4 Å². The minimum atomic E-state index is -3.38. The van der Waals surface area contributed by atoms with Crippen molar-refractivity contribution in [2.45, 2.75) is 20.4 Å². The van der Waals surface area contributed by atoms with Crippen LogP contribution in [0.2, 0.25) is 0 Å². The van der Waals surface area contributed by atoms with Gasteiger partial charge >= 0.3 is 0 Å². The van der Waals surface area contributed by atoms with E-state index in [1.165, 1.54) is 4.31 Å². The van der Waals surface area contributed by atoms with Gasteiger partial charge in [-0.1, -0.05) is 19.9 Å². The number of pyridine rings is 1. The molecule has 5 nitrogen and oxygen atoms in total. The van der Waals surface area contributed by atoms with Gasteiger partial charge in [-0.25, -0.2) is 0 Å². The van der Waals surface area contributed by atoms with Gasteiger partial charge in [0.15, 0.2) is 0 Å². The molecule has 0 aromatic carbocycles. The van der Waals surface area contributed by atoms with Gasteiger partial charge in [0.1, 0.15) is 0 Å². The van der Waals surface area contributed by atoms with E-state index in [0.29, 0.717) is 18.8 Å². The van der Waals surface area contributed by atoms with Crippen molar-refractivity contribution in [2.75, 3.05) is 13.1 Å². The van der Waals surface area contributed by atoms with Crippen molar-refractivity contribution < 1.29 is 8.42 Å². The van der Waals surface area contributed by atoms with Crippen LogP contribution in [0.25, 0.3) is 0 Å². The summed E-state index contributed by atoms with van der Waals surface area (Å²) >= 11 is 0. The molecule has 0 amide bonds. The van der Waals surface area contributed by atoms with Crippen molar-refractivity contribution in [1.82, 2.24) is 14.0 Å². The molecule has 0 unspecified atom stereocenters. The quantitative estimate of drug-likeness (QED) is 0.802. The van der Waals surface area contributed by atoms with Crippen molar-refractivity contribution in [3.05, 3.63) is 30.1 Å². The number of rotatable bonds is 6. The fraction of sp³-hybridized carbons (Fsp3) is 0.500. The van der Waals surface area contributed by atoms with Gasteiger partial charge in [-0.15, -0.1) is 0 Å². The average molecular weight is 243 g/mol. The van der Waals surface area contributed by atoms with Crippen LogP contribution in [-0.4, -0.2) is 30.8 Å². The molecule has 0 atom stereocenters. The van der Waals surface area contributed by atoms with Gasteiger partial charge < -0.3 is 0 Å². The Morgan fingerprint density at radius 2 is 2.00 bits per heavy atom. The number of hydrogen-bond donors (Lipinski definition) is 1. The summed E-state index contributed by atoms with van der Waals surface area (Å²) in [6, 6.07) is 5.40. The molecule has 1 heterocycles. The summed E-state index contributed by atoms with van der Waals surface area (Å²) in [6.45, 7) is 4.77. The molecule has 90 valence electrons. The van der Waals surface area contributed by atoms with Crippen LogP contribution < -0.4 is 4.72 Å². The topological polar surface area (TPSA) is 62.3 Å². The number of nitrogens with one attached hydrogen (secondary N) is 1. The van der Waals surface area contributed by atoms with E-state index in [0.717, 1.165) is 0 Å². The normalized spacial score (nSPS) is 11.9. The first kappa shape index (κ1) is 13.1. The molecule has 0 aliphatic heterocycles. The SMILES string of the molecule is CCN(CC)S(=O)(=O)NCc1ccccn1. The maximum atomic E-state index is 11.8. The highest BCUT2D eigenvalue weighted by molar-refractivity contribution is 7.87. The molecule has 1 rings (SSSR count). The van der Waals surface area contributed by atoms with Gasteiger partial charge in [0.25, 0.3) is 10.2 Å². The Morgan fingerprint density at radius 3 is 2.50 bits per heavy atom. The second-order valence-electron chi connectivity index (χ2n) is 3.23. The molecule has 0 bridgehead atoms. The van der Waals surface area contributed by atoms with E-state index in [2.05, 4.69) is 9.71 Å². The largest absolute Gasteiger partial charge is 0.279 e. The van der Waals surface area contributed by atoms with Crippen molar-refractivity contribution in [3.63, 3.8) is 0 Å². The molecule has 0 saturated carbocycles. The Labute approximate surface area is 96.7 Å². The minimum Gasteiger partial charge on any atom is -0.260 e. The third-order valence-electron chi connectivity index (χ3n) is 2.21. The van der Waals surface area contributed by atoms with Crippen LogP contribution in [0.15, 0.2) is 24.4 Å². The van der Waals surface area contributed by atoms with E-state index in [9.17, 15) is 8.42 Å². The van der Waals surface area contributed by atoms with Crippen molar-refractivity contribution >= 4 is 10.2 Å². The Hall–Kier alpha value is -0.980. The Balaban J connectivity index is 2.61. The van der Waals surface area contributed by atoms with E-state index in [1.54, 1.807) is 18.3 Å². The fourth-order valence-corrected chi connectivity index (χ4v) is 2.52. The Kier molecular flexibility index (Phi) is 4.85. The molecule has 0 aliphatic carbocycles. The highest BCUT2D eigenvalue weighted by Crippen LogP contribution is 1.99. The molecule has 16 heavy (non-hydrogen) atoms. The first-order valence-corrected chi connectivity index (χ1v) is 6.68. The summed E-state index contributed by atoms with van der Waals surface area (Å²) < 4.78 is 27.4. The zero-order chi connectivity index (χ0) is 12.0. The zero-order valence-corrected chi connectivity index (χ0v) is 10.4. The molecular formula is C10H17N3O2S. The van der Waals surface area contributed by atoms with Gasteiger partial charge in [-0.3, -0.25) is 4.98 Å². The van der Waals surface area contributed by atoms with Crippen molar-refractivity contribution in [1.29, 1.82) is 0 Å². The number of nitrogens with zero attached hydrogens (tertiary/aromatic N) is 2. The average Bonchev–Trinajstić information content (AvgIpc) is 2.29. The summed E-state index contributed by atoms with van der Waals surface area (Å²) in [4.78, 5) is 4.05. The molecule has 0 radical (unpaired) electrons. The first-order valence-electron chi connectivity index (χ1n) is 5.24. The zero-order valence-electron chi connectivity index (χ0n) is 9.55. The van der Waals surface area contributed by atoms with E-state index in [-0.39, 0.29) is 6.54 Å². The van der Waals surface area contributed by atoms with Gasteiger partial charge in [-0.05, 0) is 12.1 Å². The van der Waals surface area contributed by atoms with E-state index < -0.39 is 10.2 Å². The van der Waals surface area contributed by atoms with Crippen LogP contribution in [0.3, 0.4) is 0 Å². The van der Waals surface area contributed by atoms with Gasteiger partial charge in [0.05, 0.1) is 12.2 Å². The second kappa shape index (κ2) is 5.93. The van der Waals surface area contributed by atoms with E-state index in [1.807, 2.05) is 19.9 Å². The Bertz CT molecular complexity index is 401. The van der Waals surface area contributed by atoms with Crippen LogP contribution >= 0.6 is 0 Å². The molecule has 1 N–H and O–H groups in total. The van der Waals surface area contributed by atoms with Crippen molar-refractivity contribution in [2.24, 2.45) is 0 Å². The van der Waals surface area contributed by atoms with Crippen LogP contribution in [0.4, 0.5) is 0 Å². The maximum Gasteiger partial charge on any atom is 0.279 e. The number of hydrogen-bond acceptors (Lipinski definition) is 3. The molecule has 0 spiro atoms. The van der Waals surface area contributed by atoms with Crippen LogP contribution in [0.1, 0.15) is 19.5 Å². The summed E-state index contributed by atoms with van der Waals surface area (Å²) in [7, 11) is -3.38. The lowest BCUT2D eigenvalue weighted by atomic mass is 10.4. The standard InChI is InChI=1S/C10H17N3O2S/c1-3-13(4-2)16(14,15)12-9-10-7-5-6-8-11-10/h5-8,12H,3-4,9H2,1-2H3. The molecule has 0 fully saturated rings. The van der Waals surface area contributed by atoms with Crippen LogP contribution in [0.5, 0.6) is 0 Å². The minimum absolute atomic E-state index is 0.222. The van der Waals surface area contributed by atoms with Gasteiger partial charge in [0, 0.05) is 19.3 Å². The summed E-state index contributed by atoms with van der Waals surface area (Å²) in [6.07, 6.45) is 1.64. The summed E-state index contributed by atoms with van der Waals surface area (Å²) in [5.41, 5.74) is 0.707. The fourth-order valence-electron chi connectivity index (χ4n) is 1.32. The molecule has 0 aliphatic rings. The van der Waals surface area contributed by atoms with Crippen LogP contribution in [0, 0.1) is 0 Å². The maximum absolute atomic E-state index is 11.8. The Morgan fingerprint density at radius 1 is 1.31 bits per heavy atom. The third kappa shape index (κ3) is 3.55. The lowest BCUT2D eigenvalue weighted by Crippen LogP contribution is -2.40. The smallest absolute Gasteiger partial charge is 0.260 e. The number of aromatic nitrogens is 1. The van der Waals surface area contributed by atoms with Gasteiger partial charge in [0.2, 0.25) is 0 Å². The third-order valence-corrected chi connectivity index (χ3v) is 3.91. The van der Waals surface area contributed by atoms with Crippen molar-refractivity contribution in [3.8, 4) is 0 Å². The monoisotopic (exact) mass is 243 g/mol. The molecule has 6 heteroatoms.